The van der Waals surface area contributed by atoms with Crippen LogP contribution in [0.5, 0.6) is 0 Å². The second-order valence-corrected chi connectivity index (χ2v) is 2.76. The lowest BCUT2D eigenvalue weighted by molar-refractivity contribution is -0.161. The van der Waals surface area contributed by atoms with Crippen LogP contribution in [0.3, 0.4) is 0 Å². The fraction of sp³-hybridized carbons (Fsp3) is 0.833. The Balaban J connectivity index is 3.64. The number of carbonyl (C=O) groups is 1. The van der Waals surface area contributed by atoms with Crippen molar-refractivity contribution >= 4 is 17.6 Å². The Morgan fingerprint density at radius 2 is 2.20 bits per heavy atom. The van der Waals surface area contributed by atoms with Crippen LogP contribution in [0.25, 0.3) is 0 Å². The molecular weight excluding hydrogens is 156 g/mol. The predicted octanol–water partition coefficient (Wildman–Crippen LogP) is 0.539. The minimum Gasteiger partial charge on any atom is -0.462 e. The lowest BCUT2D eigenvalue weighted by Gasteiger charge is -2.14. The highest BCUT2D eigenvalue weighted by atomic mass is 35.5. The highest BCUT2D eigenvalue weighted by Gasteiger charge is 2.24. The molecule has 0 saturated heterocycles. The van der Waals surface area contributed by atoms with E-state index in [9.17, 15) is 4.79 Å². The van der Waals surface area contributed by atoms with E-state index in [-0.39, 0.29) is 12.5 Å². The molecule has 10 heavy (non-hydrogen) atoms. The molecule has 4 heteroatoms. The number of alkyl halides is 1. The molecular formula is C6H11ClO3. The Kier molecular flexibility index (Phi) is 3.68. The van der Waals surface area contributed by atoms with E-state index in [1.54, 1.807) is 0 Å². The molecule has 0 atom stereocenters. The summed E-state index contributed by atoms with van der Waals surface area (Å²) >= 11 is 5.24. The van der Waals surface area contributed by atoms with Gasteiger partial charge in [-0.25, -0.2) is 4.79 Å². The highest BCUT2D eigenvalue weighted by Crippen LogP contribution is 2.03. The fourth-order valence-corrected chi connectivity index (χ4v) is 0.385. The van der Waals surface area contributed by atoms with E-state index < -0.39 is 11.6 Å². The molecule has 0 aromatic rings. The van der Waals surface area contributed by atoms with E-state index in [0.717, 1.165) is 0 Å². The highest BCUT2D eigenvalue weighted by molar-refractivity contribution is 6.18. The number of rotatable bonds is 3. The number of halogens is 1. The van der Waals surface area contributed by atoms with Gasteiger partial charge in [0.1, 0.15) is 6.61 Å². The van der Waals surface area contributed by atoms with Crippen LogP contribution in [0.4, 0.5) is 0 Å². The molecule has 3 nitrogen and oxygen atoms in total. The monoisotopic (exact) mass is 166 g/mol. The first-order valence-electron chi connectivity index (χ1n) is 2.94. The van der Waals surface area contributed by atoms with Gasteiger partial charge >= 0.3 is 5.97 Å². The molecule has 0 aliphatic rings. The summed E-state index contributed by atoms with van der Waals surface area (Å²) in [6.07, 6.45) is 0. The smallest absolute Gasteiger partial charge is 0.337 e. The molecule has 0 aromatic heterocycles. The van der Waals surface area contributed by atoms with Crippen molar-refractivity contribution in [1.82, 2.24) is 0 Å². The fourth-order valence-electron chi connectivity index (χ4n) is 0.308. The average molecular weight is 167 g/mol. The first kappa shape index (κ1) is 9.72. The van der Waals surface area contributed by atoms with Gasteiger partial charge in [-0.05, 0) is 13.8 Å². The van der Waals surface area contributed by atoms with Crippen molar-refractivity contribution in [1.29, 1.82) is 0 Å². The molecule has 0 fully saturated rings. The normalized spacial score (nSPS) is 11.2. The molecule has 1 N–H and O–H groups in total. The molecule has 0 aliphatic heterocycles. The Morgan fingerprint density at radius 3 is 2.50 bits per heavy atom. The van der Waals surface area contributed by atoms with Gasteiger partial charge in [-0.2, -0.15) is 0 Å². The van der Waals surface area contributed by atoms with Crippen LogP contribution in [0.2, 0.25) is 0 Å². The van der Waals surface area contributed by atoms with Gasteiger partial charge in [0, 0.05) is 0 Å². The van der Waals surface area contributed by atoms with Crippen molar-refractivity contribution in [2.45, 2.75) is 19.4 Å². The Labute approximate surface area is 64.9 Å². The lowest BCUT2D eigenvalue weighted by Crippen LogP contribution is -2.33. The summed E-state index contributed by atoms with van der Waals surface area (Å²) in [5.41, 5.74) is -1.41. The predicted molar refractivity (Wildman–Crippen MR) is 38.0 cm³/mol. The average Bonchev–Trinajstić information content (AvgIpc) is 1.80. The minimum absolute atomic E-state index is 0.143. The van der Waals surface area contributed by atoms with Crippen LogP contribution in [-0.4, -0.2) is 29.2 Å². The number of aliphatic hydroxyl groups is 1. The van der Waals surface area contributed by atoms with Crippen molar-refractivity contribution in [3.8, 4) is 0 Å². The summed E-state index contributed by atoms with van der Waals surface area (Å²) in [7, 11) is 0. The quantitative estimate of drug-likeness (QED) is 0.492. The maximum Gasteiger partial charge on any atom is 0.337 e. The Bertz CT molecular complexity index is 117. The van der Waals surface area contributed by atoms with Crippen LogP contribution in [0, 0.1) is 0 Å². The van der Waals surface area contributed by atoms with Crippen molar-refractivity contribution in [2.75, 3.05) is 12.5 Å². The van der Waals surface area contributed by atoms with Gasteiger partial charge in [-0.15, -0.1) is 11.6 Å². The van der Waals surface area contributed by atoms with Crippen LogP contribution in [0.1, 0.15) is 13.8 Å². The van der Waals surface area contributed by atoms with Gasteiger partial charge in [0.15, 0.2) is 5.60 Å². The van der Waals surface area contributed by atoms with Crippen molar-refractivity contribution in [3.05, 3.63) is 0 Å². The minimum atomic E-state index is -1.41. The summed E-state index contributed by atoms with van der Waals surface area (Å²) in [5.74, 6) is -0.393. The van der Waals surface area contributed by atoms with Crippen molar-refractivity contribution < 1.29 is 14.6 Å². The molecule has 0 amide bonds. The van der Waals surface area contributed by atoms with Gasteiger partial charge in [0.2, 0.25) is 0 Å². The zero-order chi connectivity index (χ0) is 8.20. The van der Waals surface area contributed by atoms with E-state index in [2.05, 4.69) is 4.74 Å². The number of hydrogen-bond donors (Lipinski definition) is 1. The first-order chi connectivity index (χ1) is 4.48. The zero-order valence-corrected chi connectivity index (χ0v) is 6.81. The van der Waals surface area contributed by atoms with Crippen molar-refractivity contribution in [3.63, 3.8) is 0 Å². The summed E-state index contributed by atoms with van der Waals surface area (Å²) in [6.45, 7) is 2.87. The van der Waals surface area contributed by atoms with E-state index in [1.807, 2.05) is 0 Å². The van der Waals surface area contributed by atoms with Gasteiger partial charge in [0.05, 0.1) is 5.88 Å². The molecule has 60 valence electrons. The van der Waals surface area contributed by atoms with Crippen LogP contribution < -0.4 is 0 Å². The number of ether oxygens (including phenoxy) is 1. The maximum atomic E-state index is 10.7. The van der Waals surface area contributed by atoms with Crippen LogP contribution >= 0.6 is 11.6 Å². The second kappa shape index (κ2) is 3.78. The molecule has 0 saturated carbocycles. The molecule has 0 rings (SSSR count). The third-order valence-electron chi connectivity index (χ3n) is 0.810. The lowest BCUT2D eigenvalue weighted by atomic mass is 10.1. The summed E-state index contributed by atoms with van der Waals surface area (Å²) in [6, 6.07) is 0. The summed E-state index contributed by atoms with van der Waals surface area (Å²) in [4.78, 5) is 10.7. The zero-order valence-electron chi connectivity index (χ0n) is 6.06. The Morgan fingerprint density at radius 1 is 1.70 bits per heavy atom. The first-order valence-corrected chi connectivity index (χ1v) is 3.47. The van der Waals surface area contributed by atoms with Gasteiger partial charge in [-0.3, -0.25) is 0 Å². The van der Waals surface area contributed by atoms with Gasteiger partial charge in [0.25, 0.3) is 0 Å². The molecule has 0 spiro atoms. The van der Waals surface area contributed by atoms with Gasteiger partial charge < -0.3 is 9.84 Å². The maximum absolute atomic E-state index is 10.7. The van der Waals surface area contributed by atoms with E-state index in [4.69, 9.17) is 16.7 Å². The number of hydrogen-bond acceptors (Lipinski definition) is 3. The molecule has 0 unspecified atom stereocenters. The second-order valence-electron chi connectivity index (χ2n) is 2.38. The molecule has 0 radical (unpaired) electrons. The Hall–Kier alpha value is -0.280. The standard InChI is InChI=1S/C6H11ClO3/c1-6(2,9)5(8)10-4-3-7/h9H,3-4H2,1-2H3. The van der Waals surface area contributed by atoms with Gasteiger partial charge in [-0.1, -0.05) is 0 Å². The third kappa shape index (κ3) is 3.69. The van der Waals surface area contributed by atoms with E-state index >= 15 is 0 Å². The number of esters is 1. The van der Waals surface area contributed by atoms with Crippen molar-refractivity contribution in [2.24, 2.45) is 0 Å². The van der Waals surface area contributed by atoms with Crippen LogP contribution in [0.15, 0.2) is 0 Å². The third-order valence-corrected chi connectivity index (χ3v) is 0.964. The number of carbonyl (C=O) groups excluding carboxylic acids is 1. The molecule has 0 aliphatic carbocycles. The summed E-state index contributed by atoms with van der Waals surface area (Å²) in [5, 5.41) is 9.00. The molecule has 0 heterocycles. The summed E-state index contributed by atoms with van der Waals surface area (Å²) < 4.78 is 4.53. The largest absolute Gasteiger partial charge is 0.462 e. The SMILES string of the molecule is CC(C)(O)C(=O)OCCCl. The molecule has 0 aromatic carbocycles. The van der Waals surface area contributed by atoms with E-state index in [1.165, 1.54) is 13.8 Å². The van der Waals surface area contributed by atoms with E-state index in [0.29, 0.717) is 0 Å². The topological polar surface area (TPSA) is 46.5 Å². The van der Waals surface area contributed by atoms with Crippen LogP contribution in [-0.2, 0) is 9.53 Å². The molecule has 0 bridgehead atoms.